The van der Waals surface area contributed by atoms with Gasteiger partial charge in [0, 0.05) is 11.1 Å². The number of nitrogens with one attached hydrogen (secondary N) is 1. The van der Waals surface area contributed by atoms with Crippen molar-refractivity contribution in [2.24, 2.45) is 5.41 Å². The van der Waals surface area contributed by atoms with Crippen molar-refractivity contribution in [1.82, 2.24) is 5.32 Å². The second-order valence-electron chi connectivity index (χ2n) is 5.44. The van der Waals surface area contributed by atoms with Gasteiger partial charge in [-0.1, -0.05) is 32.4 Å². The molecule has 0 saturated carbocycles. The molecule has 0 bridgehead atoms. The van der Waals surface area contributed by atoms with Crippen LogP contribution in [0.25, 0.3) is 0 Å². The van der Waals surface area contributed by atoms with Gasteiger partial charge in [-0.25, -0.2) is 8.42 Å². The quantitative estimate of drug-likeness (QED) is 0.927. The lowest BCUT2D eigenvalue weighted by Gasteiger charge is -2.30. The molecule has 1 rings (SSSR count). The van der Waals surface area contributed by atoms with Crippen LogP contribution in [0, 0.1) is 5.41 Å². The monoisotopic (exact) mass is 289 g/mol. The van der Waals surface area contributed by atoms with Crippen molar-refractivity contribution in [3.05, 3.63) is 29.3 Å². The summed E-state index contributed by atoms with van der Waals surface area (Å²) in [6.07, 6.45) is 0. The van der Waals surface area contributed by atoms with Gasteiger partial charge in [0.25, 0.3) is 0 Å². The summed E-state index contributed by atoms with van der Waals surface area (Å²) in [5.74, 6) is 0.0780. The van der Waals surface area contributed by atoms with Gasteiger partial charge < -0.3 is 5.32 Å². The van der Waals surface area contributed by atoms with Gasteiger partial charge in [0.1, 0.15) is 0 Å². The lowest BCUT2D eigenvalue weighted by molar-refractivity contribution is 0.302. The number of hydrogen-bond donors (Lipinski definition) is 1. The molecule has 1 unspecified atom stereocenters. The summed E-state index contributed by atoms with van der Waals surface area (Å²) in [7, 11) is -1.51. The number of rotatable bonds is 4. The smallest absolute Gasteiger partial charge is 0.179 e. The third kappa shape index (κ3) is 3.97. The Morgan fingerprint density at radius 2 is 1.72 bits per heavy atom. The summed E-state index contributed by atoms with van der Waals surface area (Å²) in [5.41, 5.74) is -0.117. The highest BCUT2D eigenvalue weighted by Crippen LogP contribution is 2.23. The minimum absolute atomic E-state index is 0.0780. The van der Waals surface area contributed by atoms with Crippen LogP contribution in [0.4, 0.5) is 0 Å². The van der Waals surface area contributed by atoms with Crippen LogP contribution in [-0.4, -0.2) is 27.3 Å². The van der Waals surface area contributed by atoms with Crippen molar-refractivity contribution < 1.29 is 8.42 Å². The molecule has 1 N–H and O–H groups in total. The van der Waals surface area contributed by atoms with Crippen molar-refractivity contribution in [2.75, 3.05) is 12.8 Å². The molecule has 1 aromatic rings. The van der Waals surface area contributed by atoms with Gasteiger partial charge >= 0.3 is 0 Å². The molecule has 0 radical (unpaired) electrons. The average Bonchev–Trinajstić information content (AvgIpc) is 2.25. The summed E-state index contributed by atoms with van der Waals surface area (Å²) < 4.78 is 24.6. The second-order valence-corrected chi connectivity index (χ2v) is 7.91. The van der Waals surface area contributed by atoms with Crippen LogP contribution >= 0.6 is 11.6 Å². The zero-order chi connectivity index (χ0) is 14.0. The first-order chi connectivity index (χ1) is 8.16. The van der Waals surface area contributed by atoms with Gasteiger partial charge in [0.05, 0.1) is 10.6 Å². The van der Waals surface area contributed by atoms with E-state index in [-0.39, 0.29) is 17.2 Å². The summed E-state index contributed by atoms with van der Waals surface area (Å²) in [6, 6.07) is 6.19. The first-order valence-electron chi connectivity index (χ1n) is 5.82. The fourth-order valence-electron chi connectivity index (χ4n) is 1.72. The Kier molecular flexibility index (Phi) is 4.81. The Morgan fingerprint density at radius 3 is 2.11 bits per heavy atom. The fourth-order valence-corrected chi connectivity index (χ4v) is 3.70. The van der Waals surface area contributed by atoms with E-state index in [1.165, 1.54) is 0 Å². The summed E-state index contributed by atoms with van der Waals surface area (Å²) in [6.45, 7) is 6.06. The first kappa shape index (κ1) is 15.5. The van der Waals surface area contributed by atoms with E-state index in [0.717, 1.165) is 0 Å². The number of hydrogen-bond acceptors (Lipinski definition) is 3. The molecule has 0 aliphatic carbocycles. The van der Waals surface area contributed by atoms with E-state index in [1.807, 2.05) is 20.8 Å². The molecule has 0 saturated heterocycles. The fraction of sp³-hybridized carbons (Fsp3) is 0.538. The lowest BCUT2D eigenvalue weighted by atomic mass is 9.88. The van der Waals surface area contributed by atoms with Crippen LogP contribution in [-0.2, 0) is 9.84 Å². The molecular formula is C13H20ClNO2S. The van der Waals surface area contributed by atoms with E-state index in [0.29, 0.717) is 9.92 Å². The number of sulfone groups is 1. The highest BCUT2D eigenvalue weighted by atomic mass is 35.5. The summed E-state index contributed by atoms with van der Waals surface area (Å²) >= 11 is 5.76. The predicted octanol–water partition coefficient (Wildman–Crippen LogP) is 2.75. The van der Waals surface area contributed by atoms with E-state index in [2.05, 4.69) is 5.32 Å². The van der Waals surface area contributed by atoms with Gasteiger partial charge in [-0.05, 0) is 36.7 Å². The molecule has 1 aromatic carbocycles. The molecule has 0 fully saturated rings. The maximum atomic E-state index is 12.3. The van der Waals surface area contributed by atoms with Crippen LogP contribution in [0.15, 0.2) is 29.2 Å². The molecule has 0 aliphatic rings. The molecule has 102 valence electrons. The highest BCUT2D eigenvalue weighted by Gasteiger charge is 2.29. The molecule has 0 amide bonds. The molecule has 0 spiro atoms. The maximum absolute atomic E-state index is 12.3. The minimum Gasteiger partial charge on any atom is -0.315 e. The predicted molar refractivity (Wildman–Crippen MR) is 75.8 cm³/mol. The zero-order valence-electron chi connectivity index (χ0n) is 11.2. The van der Waals surface area contributed by atoms with Crippen molar-refractivity contribution in [3.63, 3.8) is 0 Å². The first-order valence-corrected chi connectivity index (χ1v) is 7.85. The van der Waals surface area contributed by atoms with Crippen LogP contribution < -0.4 is 5.32 Å². The lowest BCUT2D eigenvalue weighted by Crippen LogP contribution is -2.43. The summed E-state index contributed by atoms with van der Waals surface area (Å²) in [5, 5.41) is 3.61. The Balaban J connectivity index is 2.98. The standard InChI is InChI=1S/C13H20ClNO2S/c1-13(2,3)12(15-4)9-18(16,17)11-7-5-10(14)6-8-11/h5-8,12,15H,9H2,1-4H3. The normalized spacial score (nSPS) is 14.5. The molecule has 18 heavy (non-hydrogen) atoms. The minimum atomic E-state index is -3.29. The Hall–Kier alpha value is -0.580. The Labute approximate surface area is 114 Å². The van der Waals surface area contributed by atoms with E-state index in [1.54, 1.807) is 31.3 Å². The summed E-state index contributed by atoms with van der Waals surface area (Å²) in [4.78, 5) is 0.316. The van der Waals surface area contributed by atoms with Crippen LogP contribution in [0.3, 0.4) is 0 Å². The SMILES string of the molecule is CNC(CS(=O)(=O)c1ccc(Cl)cc1)C(C)(C)C. The Morgan fingerprint density at radius 1 is 1.22 bits per heavy atom. The van der Waals surface area contributed by atoms with Gasteiger partial charge in [-0.3, -0.25) is 0 Å². The van der Waals surface area contributed by atoms with E-state index in [9.17, 15) is 8.42 Å². The van der Waals surface area contributed by atoms with Gasteiger partial charge in [0.15, 0.2) is 9.84 Å². The topological polar surface area (TPSA) is 46.2 Å². The third-order valence-electron chi connectivity index (χ3n) is 2.95. The second kappa shape index (κ2) is 5.59. The maximum Gasteiger partial charge on any atom is 0.179 e. The Bertz CT molecular complexity index is 489. The number of halogens is 1. The molecule has 0 aromatic heterocycles. The zero-order valence-corrected chi connectivity index (χ0v) is 12.8. The molecular weight excluding hydrogens is 270 g/mol. The van der Waals surface area contributed by atoms with E-state index >= 15 is 0 Å². The van der Waals surface area contributed by atoms with Gasteiger partial charge in [0.2, 0.25) is 0 Å². The van der Waals surface area contributed by atoms with Crippen molar-refractivity contribution in [3.8, 4) is 0 Å². The third-order valence-corrected chi connectivity index (χ3v) is 4.97. The van der Waals surface area contributed by atoms with Crippen LogP contribution in [0.5, 0.6) is 0 Å². The number of benzene rings is 1. The molecule has 5 heteroatoms. The van der Waals surface area contributed by atoms with E-state index in [4.69, 9.17) is 11.6 Å². The molecule has 0 aliphatic heterocycles. The largest absolute Gasteiger partial charge is 0.315 e. The van der Waals surface area contributed by atoms with Gasteiger partial charge in [-0.15, -0.1) is 0 Å². The highest BCUT2D eigenvalue weighted by molar-refractivity contribution is 7.91. The molecule has 0 heterocycles. The average molecular weight is 290 g/mol. The van der Waals surface area contributed by atoms with Crippen molar-refractivity contribution >= 4 is 21.4 Å². The molecule has 1 atom stereocenters. The molecule has 3 nitrogen and oxygen atoms in total. The van der Waals surface area contributed by atoms with Gasteiger partial charge in [-0.2, -0.15) is 0 Å². The van der Waals surface area contributed by atoms with Crippen molar-refractivity contribution in [1.29, 1.82) is 0 Å². The van der Waals surface area contributed by atoms with Crippen molar-refractivity contribution in [2.45, 2.75) is 31.7 Å². The van der Waals surface area contributed by atoms with E-state index < -0.39 is 9.84 Å². The van der Waals surface area contributed by atoms with Crippen LogP contribution in [0.2, 0.25) is 5.02 Å². The van der Waals surface area contributed by atoms with Crippen LogP contribution in [0.1, 0.15) is 20.8 Å².